The smallest absolute Gasteiger partial charge is 0.287 e. The molecular formula is C37H56N8O10S2. The summed E-state index contributed by atoms with van der Waals surface area (Å²) in [6.07, 6.45) is 5.61. The van der Waals surface area contributed by atoms with Gasteiger partial charge in [-0.2, -0.15) is 10.6 Å². The van der Waals surface area contributed by atoms with Gasteiger partial charge in [-0.15, -0.1) is 5.10 Å². The molecule has 18 nitrogen and oxygen atoms in total. The maximum atomic E-state index is 14.9. The first kappa shape index (κ1) is 44.2. The van der Waals surface area contributed by atoms with E-state index in [0.717, 1.165) is 32.1 Å². The SMILES string of the molecule is CC(C)(C)NS(=O)(=O)c1ccc(C(=O)NC(CC2CCCCC2)C(=O)N2C[C@@H](n3nncc3C(C)(C)O)C[C@H]2C(=O)NC2(C(=O)C(N)=O)CCS(O)(O)CC2)cc1. The molecule has 1 saturated carbocycles. The van der Waals surface area contributed by atoms with Gasteiger partial charge >= 0.3 is 0 Å². The highest BCUT2D eigenvalue weighted by Gasteiger charge is 2.51. The van der Waals surface area contributed by atoms with E-state index in [9.17, 15) is 46.6 Å². The lowest BCUT2D eigenvalue weighted by molar-refractivity contribution is -0.145. The van der Waals surface area contributed by atoms with Crippen molar-refractivity contribution in [2.45, 2.75) is 132 Å². The molecule has 8 N–H and O–H groups in total. The van der Waals surface area contributed by atoms with Crippen molar-refractivity contribution in [3.05, 3.63) is 41.7 Å². The third kappa shape index (κ3) is 10.6. The number of benzene rings is 1. The van der Waals surface area contributed by atoms with Crippen molar-refractivity contribution in [3.8, 4) is 0 Å². The number of likely N-dealkylation sites (tertiary alicyclic amines) is 1. The van der Waals surface area contributed by atoms with Gasteiger partial charge in [0.2, 0.25) is 27.6 Å². The number of aliphatic hydroxyl groups is 1. The van der Waals surface area contributed by atoms with Crippen molar-refractivity contribution in [1.82, 2.24) is 35.2 Å². The maximum absolute atomic E-state index is 14.9. The van der Waals surface area contributed by atoms with Crippen LogP contribution in [0.15, 0.2) is 35.4 Å². The lowest BCUT2D eigenvalue weighted by atomic mass is 9.84. The number of Topliss-reactive ketones (excluding diaryl/α,β-unsaturated/α-hetero) is 1. The van der Waals surface area contributed by atoms with E-state index >= 15 is 0 Å². The molecule has 2 aromatic rings. The lowest BCUT2D eigenvalue weighted by Crippen LogP contribution is -2.64. The summed E-state index contributed by atoms with van der Waals surface area (Å²) in [5, 5.41) is 24.6. The van der Waals surface area contributed by atoms with Gasteiger partial charge in [-0.1, -0.05) is 37.3 Å². The number of amides is 4. The first-order valence-electron chi connectivity index (χ1n) is 19.2. The minimum absolute atomic E-state index is 0.0464. The topological polar surface area (TPSA) is 276 Å². The van der Waals surface area contributed by atoms with Crippen LogP contribution in [-0.4, -0.2) is 113 Å². The summed E-state index contributed by atoms with van der Waals surface area (Å²) in [5.41, 5.74) is 1.83. The van der Waals surface area contributed by atoms with Crippen LogP contribution in [0.25, 0.3) is 0 Å². The van der Waals surface area contributed by atoms with Crippen LogP contribution in [0.3, 0.4) is 0 Å². The molecule has 3 atom stereocenters. The van der Waals surface area contributed by atoms with E-state index in [1.165, 1.54) is 53.9 Å². The molecule has 1 aliphatic carbocycles. The highest BCUT2D eigenvalue weighted by Crippen LogP contribution is 2.47. The fraction of sp³-hybridized carbons (Fsp3) is 0.649. The van der Waals surface area contributed by atoms with Crippen LogP contribution in [-0.2, 0) is 34.8 Å². The van der Waals surface area contributed by atoms with Crippen LogP contribution in [0.5, 0.6) is 0 Å². The van der Waals surface area contributed by atoms with Crippen LogP contribution in [0, 0.1) is 5.92 Å². The Kier molecular flexibility index (Phi) is 13.0. The molecule has 57 heavy (non-hydrogen) atoms. The molecule has 0 spiro atoms. The Hall–Kier alpha value is -3.95. The van der Waals surface area contributed by atoms with Gasteiger partial charge in [-0.25, -0.2) is 17.8 Å². The summed E-state index contributed by atoms with van der Waals surface area (Å²) < 4.78 is 50.4. The molecule has 3 fully saturated rings. The Morgan fingerprint density at radius 1 is 1.00 bits per heavy atom. The Morgan fingerprint density at radius 2 is 1.61 bits per heavy atom. The molecule has 1 aromatic heterocycles. The van der Waals surface area contributed by atoms with Gasteiger partial charge < -0.3 is 26.4 Å². The second-order valence-corrected chi connectivity index (χ2v) is 21.2. The van der Waals surface area contributed by atoms with Crippen molar-refractivity contribution in [3.63, 3.8) is 0 Å². The highest BCUT2D eigenvalue weighted by atomic mass is 32.3. The number of primary amides is 1. The third-order valence-corrected chi connectivity index (χ3v) is 14.4. The Bertz CT molecular complexity index is 1940. The minimum Gasteiger partial charge on any atom is -0.384 e. The first-order valence-corrected chi connectivity index (χ1v) is 22.6. The predicted octanol–water partition coefficient (Wildman–Crippen LogP) is 1.95. The van der Waals surface area contributed by atoms with E-state index in [-0.39, 0.29) is 60.1 Å². The van der Waals surface area contributed by atoms with E-state index in [1.807, 2.05) is 0 Å². The molecule has 316 valence electrons. The zero-order valence-electron chi connectivity index (χ0n) is 33.1. The van der Waals surface area contributed by atoms with Gasteiger partial charge in [-0.3, -0.25) is 33.1 Å². The molecule has 2 saturated heterocycles. The Balaban J connectivity index is 1.48. The Morgan fingerprint density at radius 3 is 2.18 bits per heavy atom. The molecule has 5 rings (SSSR count). The van der Waals surface area contributed by atoms with E-state index in [1.54, 1.807) is 20.8 Å². The second-order valence-electron chi connectivity index (χ2n) is 17.1. The number of sulfonamides is 1. The first-order chi connectivity index (χ1) is 26.4. The average molecular weight is 837 g/mol. The van der Waals surface area contributed by atoms with E-state index in [0.29, 0.717) is 5.69 Å². The standard InChI is InChI=1S/C37H56N8O10S2/c1-35(2,3)42-57(54,55)26-13-11-24(12-14-26)32(48)40-27(19-23-9-7-6-8-10-23)34(50)44-22-25(45-29(21-39-43-45)36(4,5)51)20-28(44)33(49)41-37(30(46)31(38)47)15-17-56(52,53)18-16-37/h11-14,21,23,25,27-28,42,51-53H,6-10,15-20,22H2,1-5H3,(H2,38,47)(H,40,48)(H,41,49)/t25-,27?,28-/m0/s1. The van der Waals surface area contributed by atoms with Crippen LogP contribution >= 0.6 is 10.6 Å². The van der Waals surface area contributed by atoms with Gasteiger partial charge in [0.15, 0.2) is 0 Å². The molecular weight excluding hydrogens is 781 g/mol. The zero-order chi connectivity index (χ0) is 42.1. The van der Waals surface area contributed by atoms with Crippen molar-refractivity contribution < 1.29 is 46.6 Å². The average Bonchev–Trinajstić information content (AvgIpc) is 3.80. The van der Waals surface area contributed by atoms with E-state index in [2.05, 4.69) is 25.7 Å². The lowest BCUT2D eigenvalue weighted by Gasteiger charge is -2.45. The monoisotopic (exact) mass is 836 g/mol. The fourth-order valence-corrected chi connectivity index (χ4v) is 10.9. The van der Waals surface area contributed by atoms with Gasteiger partial charge in [0.25, 0.3) is 11.8 Å². The second kappa shape index (κ2) is 16.7. The van der Waals surface area contributed by atoms with Gasteiger partial charge in [0.1, 0.15) is 23.2 Å². The van der Waals surface area contributed by atoms with E-state index in [4.69, 9.17) is 5.73 Å². The van der Waals surface area contributed by atoms with Gasteiger partial charge in [-0.05, 0) is 84.1 Å². The normalized spacial score (nSPS) is 22.6. The number of aromatic nitrogens is 3. The number of carbonyl (C=O) groups is 5. The quantitative estimate of drug-likeness (QED) is 0.143. The van der Waals surface area contributed by atoms with Crippen LogP contribution in [0.1, 0.15) is 114 Å². The van der Waals surface area contributed by atoms with Crippen LogP contribution in [0.4, 0.5) is 0 Å². The summed E-state index contributed by atoms with van der Waals surface area (Å²) in [6, 6.07) is 2.22. The Labute approximate surface area is 334 Å². The zero-order valence-corrected chi connectivity index (χ0v) is 34.7. The van der Waals surface area contributed by atoms with Crippen molar-refractivity contribution in [2.24, 2.45) is 11.7 Å². The van der Waals surface area contributed by atoms with Crippen molar-refractivity contribution in [1.29, 1.82) is 0 Å². The van der Waals surface area contributed by atoms with Crippen molar-refractivity contribution in [2.75, 3.05) is 18.1 Å². The number of rotatable bonds is 13. The summed E-state index contributed by atoms with van der Waals surface area (Å²) in [7, 11) is -6.95. The number of hydrogen-bond donors (Lipinski definition) is 7. The van der Waals surface area contributed by atoms with Gasteiger partial charge in [0.05, 0.1) is 22.8 Å². The van der Waals surface area contributed by atoms with Crippen LogP contribution in [0.2, 0.25) is 0 Å². The van der Waals surface area contributed by atoms with Crippen LogP contribution < -0.4 is 21.1 Å². The third-order valence-electron chi connectivity index (χ3n) is 10.9. The number of ketones is 1. The largest absolute Gasteiger partial charge is 0.384 e. The molecule has 20 heteroatoms. The number of nitrogens with zero attached hydrogens (tertiary/aromatic N) is 4. The van der Waals surface area contributed by atoms with E-state index < -0.39 is 84.8 Å². The highest BCUT2D eigenvalue weighted by molar-refractivity contribution is 8.24. The molecule has 4 amide bonds. The number of nitrogens with two attached hydrogens (primary N) is 1. The fourth-order valence-electron chi connectivity index (χ4n) is 7.97. The molecule has 1 unspecified atom stereocenters. The maximum Gasteiger partial charge on any atom is 0.287 e. The molecule has 1 aromatic carbocycles. The summed E-state index contributed by atoms with van der Waals surface area (Å²) >= 11 is 0. The number of nitrogens with one attached hydrogen (secondary N) is 3. The molecule has 0 bridgehead atoms. The molecule has 0 radical (unpaired) electrons. The predicted molar refractivity (Wildman–Crippen MR) is 210 cm³/mol. The number of hydrogen-bond acceptors (Lipinski definition) is 12. The molecule has 2 aliphatic heterocycles. The molecule has 3 aliphatic rings. The van der Waals surface area contributed by atoms with Gasteiger partial charge in [0, 0.05) is 35.6 Å². The summed E-state index contributed by atoms with van der Waals surface area (Å²) in [5.74, 6) is -4.89. The molecule has 3 heterocycles. The van der Waals surface area contributed by atoms with Crippen molar-refractivity contribution >= 4 is 50.0 Å². The summed E-state index contributed by atoms with van der Waals surface area (Å²) in [6.45, 7) is 8.08. The summed E-state index contributed by atoms with van der Waals surface area (Å²) in [4.78, 5) is 69.8. The minimum atomic E-state index is -3.89. The number of carbonyl (C=O) groups excluding carboxylic acids is 5.